The molecule has 0 atom stereocenters. The zero-order chi connectivity index (χ0) is 7.68. The Morgan fingerprint density at radius 1 is 1.18 bits per heavy atom. The average molecular weight is 165 g/mol. The van der Waals surface area contributed by atoms with Crippen LogP contribution in [-0.2, 0) is 0 Å². The van der Waals surface area contributed by atoms with Gasteiger partial charge < -0.3 is 0 Å². The van der Waals surface area contributed by atoms with E-state index in [9.17, 15) is 0 Å². The van der Waals surface area contributed by atoms with Gasteiger partial charge >= 0.3 is 0 Å². The van der Waals surface area contributed by atoms with Gasteiger partial charge in [-0.15, -0.1) is 0 Å². The van der Waals surface area contributed by atoms with Crippen LogP contribution in [0.5, 0.6) is 0 Å². The number of allylic oxidation sites excluding steroid dienone is 8. The molecule has 0 aromatic rings. The Bertz CT molecular complexity index is 290. The molecular formula is C10H9Cl. The summed E-state index contributed by atoms with van der Waals surface area (Å²) in [5.41, 5.74) is 2.68. The third kappa shape index (κ3) is 1.19. The molecule has 0 bridgehead atoms. The van der Waals surface area contributed by atoms with Crippen molar-refractivity contribution in [2.45, 2.75) is 12.8 Å². The maximum Gasteiger partial charge on any atom is 0.0440 e. The van der Waals surface area contributed by atoms with Crippen LogP contribution >= 0.6 is 11.6 Å². The zero-order valence-corrected chi connectivity index (χ0v) is 6.93. The molecule has 0 nitrogen and oxygen atoms in total. The van der Waals surface area contributed by atoms with Gasteiger partial charge in [-0.2, -0.15) is 0 Å². The highest BCUT2D eigenvalue weighted by Gasteiger charge is 2.11. The van der Waals surface area contributed by atoms with Gasteiger partial charge in [-0.1, -0.05) is 35.9 Å². The molecule has 0 spiro atoms. The Balaban J connectivity index is 2.25. The summed E-state index contributed by atoms with van der Waals surface area (Å²) < 4.78 is 0. The lowest BCUT2D eigenvalue weighted by Gasteiger charge is -2.02. The molecule has 11 heavy (non-hydrogen) atoms. The summed E-state index contributed by atoms with van der Waals surface area (Å²) in [5, 5.41) is 0.917. The summed E-state index contributed by atoms with van der Waals surface area (Å²) in [6.45, 7) is 0. The summed E-state index contributed by atoms with van der Waals surface area (Å²) in [6, 6.07) is 0. The maximum atomic E-state index is 5.98. The summed E-state index contributed by atoms with van der Waals surface area (Å²) in [7, 11) is 0. The molecule has 2 aliphatic rings. The Kier molecular flexibility index (Phi) is 1.71. The van der Waals surface area contributed by atoms with Crippen molar-refractivity contribution in [1.29, 1.82) is 0 Å². The smallest absolute Gasteiger partial charge is 0.0440 e. The molecular weight excluding hydrogens is 156 g/mol. The predicted molar refractivity (Wildman–Crippen MR) is 48.5 cm³/mol. The monoisotopic (exact) mass is 164 g/mol. The quantitative estimate of drug-likeness (QED) is 0.558. The van der Waals surface area contributed by atoms with Crippen molar-refractivity contribution in [3.8, 4) is 0 Å². The van der Waals surface area contributed by atoms with E-state index in [0.717, 1.165) is 17.9 Å². The minimum Gasteiger partial charge on any atom is -0.0840 e. The molecule has 0 heterocycles. The predicted octanol–water partition coefficient (Wildman–Crippen LogP) is 3.33. The molecule has 1 heteroatoms. The van der Waals surface area contributed by atoms with E-state index in [2.05, 4.69) is 24.3 Å². The summed E-state index contributed by atoms with van der Waals surface area (Å²) in [6.07, 6.45) is 12.5. The third-order valence-corrected chi connectivity index (χ3v) is 2.39. The van der Waals surface area contributed by atoms with Crippen molar-refractivity contribution < 1.29 is 0 Å². The Labute approximate surface area is 71.6 Å². The van der Waals surface area contributed by atoms with Crippen molar-refractivity contribution in [1.82, 2.24) is 0 Å². The van der Waals surface area contributed by atoms with Crippen LogP contribution in [0.3, 0.4) is 0 Å². The lowest BCUT2D eigenvalue weighted by Crippen LogP contribution is -1.83. The van der Waals surface area contributed by atoms with Crippen LogP contribution in [0.4, 0.5) is 0 Å². The second kappa shape index (κ2) is 2.71. The Morgan fingerprint density at radius 3 is 2.64 bits per heavy atom. The van der Waals surface area contributed by atoms with E-state index < -0.39 is 0 Å². The first-order chi connectivity index (χ1) is 5.38. The molecule has 0 amide bonds. The van der Waals surface area contributed by atoms with Gasteiger partial charge in [0.25, 0.3) is 0 Å². The highest BCUT2D eigenvalue weighted by Crippen LogP contribution is 2.31. The first-order valence-corrected chi connectivity index (χ1v) is 4.17. The molecule has 0 radical (unpaired) electrons. The van der Waals surface area contributed by atoms with Gasteiger partial charge in [-0.05, 0) is 30.1 Å². The molecule has 0 N–H and O–H groups in total. The van der Waals surface area contributed by atoms with Crippen LogP contribution in [0.2, 0.25) is 0 Å². The van der Waals surface area contributed by atoms with E-state index >= 15 is 0 Å². The number of hydrogen-bond acceptors (Lipinski definition) is 0. The lowest BCUT2D eigenvalue weighted by molar-refractivity contribution is 1.18. The lowest BCUT2D eigenvalue weighted by atomic mass is 10.1. The molecule has 0 fully saturated rings. The number of halogens is 1. The van der Waals surface area contributed by atoms with E-state index in [-0.39, 0.29) is 0 Å². The van der Waals surface area contributed by atoms with Crippen LogP contribution in [-0.4, -0.2) is 0 Å². The Morgan fingerprint density at radius 2 is 2.09 bits per heavy atom. The Hall–Kier alpha value is -0.750. The average Bonchev–Trinajstić information content (AvgIpc) is 2.55. The minimum absolute atomic E-state index is 0.917. The van der Waals surface area contributed by atoms with E-state index in [0.29, 0.717) is 0 Å². The highest BCUT2D eigenvalue weighted by molar-refractivity contribution is 6.32. The van der Waals surface area contributed by atoms with Crippen LogP contribution in [0.25, 0.3) is 0 Å². The SMILES string of the molecule is ClC1=C(C2=CC=CC2)CC=C1. The summed E-state index contributed by atoms with van der Waals surface area (Å²) >= 11 is 5.98. The van der Waals surface area contributed by atoms with Crippen LogP contribution in [0, 0.1) is 0 Å². The molecule has 2 aliphatic carbocycles. The second-order valence-electron chi connectivity index (χ2n) is 2.76. The van der Waals surface area contributed by atoms with E-state index in [1.807, 2.05) is 6.08 Å². The van der Waals surface area contributed by atoms with Gasteiger partial charge in [-0.3, -0.25) is 0 Å². The molecule has 2 rings (SSSR count). The summed E-state index contributed by atoms with van der Waals surface area (Å²) in [5.74, 6) is 0. The third-order valence-electron chi connectivity index (χ3n) is 2.03. The van der Waals surface area contributed by atoms with Crippen molar-refractivity contribution >= 4 is 11.6 Å². The fourth-order valence-corrected chi connectivity index (χ4v) is 1.72. The normalized spacial score (nSPS) is 21.7. The van der Waals surface area contributed by atoms with Gasteiger partial charge in [-0.25, -0.2) is 0 Å². The number of rotatable bonds is 1. The molecule has 0 saturated carbocycles. The van der Waals surface area contributed by atoms with E-state index in [1.54, 1.807) is 0 Å². The van der Waals surface area contributed by atoms with Crippen molar-refractivity contribution in [3.05, 3.63) is 46.6 Å². The van der Waals surface area contributed by atoms with Gasteiger partial charge in [0.15, 0.2) is 0 Å². The molecule has 56 valence electrons. The van der Waals surface area contributed by atoms with Crippen LogP contribution in [0.1, 0.15) is 12.8 Å². The molecule has 0 aliphatic heterocycles. The zero-order valence-electron chi connectivity index (χ0n) is 6.18. The second-order valence-corrected chi connectivity index (χ2v) is 3.16. The minimum atomic E-state index is 0.917. The first kappa shape index (κ1) is 6.93. The highest BCUT2D eigenvalue weighted by atomic mass is 35.5. The van der Waals surface area contributed by atoms with E-state index in [1.165, 1.54) is 11.1 Å². The fraction of sp³-hybridized carbons (Fsp3) is 0.200. The topological polar surface area (TPSA) is 0 Å². The standard InChI is InChI=1S/C10H9Cl/c11-10-7-3-6-9(10)8-4-1-2-5-8/h1-4,7H,5-6H2. The van der Waals surface area contributed by atoms with Crippen molar-refractivity contribution in [2.24, 2.45) is 0 Å². The maximum absolute atomic E-state index is 5.98. The van der Waals surface area contributed by atoms with Crippen molar-refractivity contribution in [2.75, 3.05) is 0 Å². The van der Waals surface area contributed by atoms with Crippen LogP contribution < -0.4 is 0 Å². The van der Waals surface area contributed by atoms with Gasteiger partial charge in [0.2, 0.25) is 0 Å². The molecule has 0 saturated heterocycles. The fourth-order valence-electron chi connectivity index (χ4n) is 1.43. The first-order valence-electron chi connectivity index (χ1n) is 3.79. The van der Waals surface area contributed by atoms with Crippen molar-refractivity contribution in [3.63, 3.8) is 0 Å². The van der Waals surface area contributed by atoms with Gasteiger partial charge in [0.1, 0.15) is 0 Å². The summed E-state index contributed by atoms with van der Waals surface area (Å²) in [4.78, 5) is 0. The van der Waals surface area contributed by atoms with Gasteiger partial charge in [0.05, 0.1) is 0 Å². The van der Waals surface area contributed by atoms with Gasteiger partial charge in [0, 0.05) is 5.03 Å². The molecule has 0 aromatic carbocycles. The van der Waals surface area contributed by atoms with Crippen LogP contribution in [0.15, 0.2) is 46.6 Å². The largest absolute Gasteiger partial charge is 0.0840 e. The van der Waals surface area contributed by atoms with E-state index in [4.69, 9.17) is 11.6 Å². The molecule has 0 aromatic heterocycles. The molecule has 0 unspecified atom stereocenters. The number of hydrogen-bond donors (Lipinski definition) is 0.